The number of carbonyl (C=O) groups excluding carboxylic acids is 1. The quantitative estimate of drug-likeness (QED) is 0.441. The van der Waals surface area contributed by atoms with Crippen LogP contribution in [0.2, 0.25) is 0 Å². The van der Waals surface area contributed by atoms with Crippen LogP contribution in [0.4, 0.5) is 5.69 Å². The molecule has 1 N–H and O–H groups in total. The number of aromatic nitrogens is 1. The molecule has 0 aliphatic rings. The fourth-order valence-corrected chi connectivity index (χ4v) is 2.52. The van der Waals surface area contributed by atoms with E-state index in [2.05, 4.69) is 10.5 Å². The van der Waals surface area contributed by atoms with Crippen LogP contribution in [0, 0.1) is 10.1 Å². The number of carbonyl (C=O) groups is 1. The molecule has 126 valence electrons. The first-order valence-corrected chi connectivity index (χ1v) is 7.66. The van der Waals surface area contributed by atoms with Crippen molar-refractivity contribution in [3.05, 3.63) is 76.5 Å². The number of nitro groups is 1. The van der Waals surface area contributed by atoms with E-state index in [1.54, 1.807) is 19.1 Å². The Bertz CT molecular complexity index is 975. The molecule has 0 fully saturated rings. The third-order valence-electron chi connectivity index (χ3n) is 3.82. The van der Waals surface area contributed by atoms with E-state index < -0.39 is 4.92 Å². The highest BCUT2D eigenvalue weighted by Gasteiger charge is 2.09. The van der Waals surface area contributed by atoms with Gasteiger partial charge in [-0.1, -0.05) is 30.3 Å². The zero-order valence-corrected chi connectivity index (χ0v) is 13.5. The highest BCUT2D eigenvalue weighted by Crippen LogP contribution is 2.15. The van der Waals surface area contributed by atoms with Crippen LogP contribution in [-0.2, 0) is 11.3 Å². The summed E-state index contributed by atoms with van der Waals surface area (Å²) in [6, 6.07) is 15.9. The minimum atomic E-state index is -0.466. The van der Waals surface area contributed by atoms with Gasteiger partial charge in [0.1, 0.15) is 6.54 Å². The van der Waals surface area contributed by atoms with E-state index in [4.69, 9.17) is 0 Å². The number of nitrogens with zero attached hydrogens (tertiary/aromatic N) is 3. The Labute approximate surface area is 143 Å². The van der Waals surface area contributed by atoms with Crippen LogP contribution in [0.3, 0.4) is 0 Å². The Morgan fingerprint density at radius 1 is 1.20 bits per heavy atom. The summed E-state index contributed by atoms with van der Waals surface area (Å²) < 4.78 is 1.84. The van der Waals surface area contributed by atoms with Crippen molar-refractivity contribution in [1.29, 1.82) is 0 Å². The van der Waals surface area contributed by atoms with Gasteiger partial charge in [0, 0.05) is 29.4 Å². The van der Waals surface area contributed by atoms with Gasteiger partial charge >= 0.3 is 0 Å². The van der Waals surface area contributed by atoms with Gasteiger partial charge in [0.05, 0.1) is 10.6 Å². The zero-order valence-electron chi connectivity index (χ0n) is 13.5. The number of amides is 1. The van der Waals surface area contributed by atoms with Gasteiger partial charge in [-0.05, 0) is 24.4 Å². The van der Waals surface area contributed by atoms with E-state index in [-0.39, 0.29) is 18.1 Å². The number of hydrazone groups is 1. The van der Waals surface area contributed by atoms with E-state index in [0.717, 1.165) is 10.9 Å². The third-order valence-corrected chi connectivity index (χ3v) is 3.82. The monoisotopic (exact) mass is 336 g/mol. The second-order valence-corrected chi connectivity index (χ2v) is 5.54. The summed E-state index contributed by atoms with van der Waals surface area (Å²) in [7, 11) is 0. The van der Waals surface area contributed by atoms with Crippen molar-refractivity contribution in [1.82, 2.24) is 9.99 Å². The van der Waals surface area contributed by atoms with E-state index >= 15 is 0 Å². The Morgan fingerprint density at radius 3 is 2.80 bits per heavy atom. The maximum absolute atomic E-state index is 12.1. The van der Waals surface area contributed by atoms with Crippen molar-refractivity contribution in [3.8, 4) is 0 Å². The smallest absolute Gasteiger partial charge is 0.270 e. The van der Waals surface area contributed by atoms with Crippen LogP contribution < -0.4 is 5.43 Å². The molecule has 0 unspecified atom stereocenters. The van der Waals surface area contributed by atoms with Gasteiger partial charge < -0.3 is 4.57 Å². The van der Waals surface area contributed by atoms with Gasteiger partial charge in [-0.25, -0.2) is 5.43 Å². The van der Waals surface area contributed by atoms with E-state index in [0.29, 0.717) is 11.3 Å². The first-order valence-electron chi connectivity index (χ1n) is 7.66. The number of fused-ring (bicyclic) bond motifs is 1. The molecular formula is C18H16N4O3. The average molecular weight is 336 g/mol. The Kier molecular flexibility index (Phi) is 4.56. The van der Waals surface area contributed by atoms with Crippen LogP contribution in [-0.4, -0.2) is 21.1 Å². The lowest BCUT2D eigenvalue weighted by Gasteiger charge is -2.05. The number of rotatable bonds is 5. The average Bonchev–Trinajstić information content (AvgIpc) is 3.03. The summed E-state index contributed by atoms with van der Waals surface area (Å²) in [5.74, 6) is -0.272. The maximum atomic E-state index is 12.1. The standard InChI is InChI=1S/C18H16N4O3/c1-13(15-6-4-7-16(11-15)22(24)25)19-20-18(23)12-21-10-9-14-5-2-3-8-17(14)21/h2-11H,12H2,1H3,(H,20,23)/b19-13+. The Hall–Kier alpha value is -3.48. The predicted molar refractivity (Wildman–Crippen MR) is 95.4 cm³/mol. The second kappa shape index (κ2) is 6.96. The molecule has 0 aliphatic carbocycles. The number of para-hydroxylation sites is 1. The SMILES string of the molecule is C/C(=N\NC(=O)Cn1ccc2ccccc21)c1cccc([N+](=O)[O-])c1. The molecule has 0 radical (unpaired) electrons. The third kappa shape index (κ3) is 3.72. The molecule has 0 saturated heterocycles. The topological polar surface area (TPSA) is 89.5 Å². The van der Waals surface area contributed by atoms with Crippen molar-refractivity contribution in [2.24, 2.45) is 5.10 Å². The van der Waals surface area contributed by atoms with Gasteiger partial charge in [0.2, 0.25) is 0 Å². The summed E-state index contributed by atoms with van der Waals surface area (Å²) in [6.07, 6.45) is 1.85. The van der Waals surface area contributed by atoms with Crippen molar-refractivity contribution in [2.45, 2.75) is 13.5 Å². The van der Waals surface area contributed by atoms with Gasteiger partial charge in [0.25, 0.3) is 11.6 Å². The van der Waals surface area contributed by atoms with E-state index in [1.807, 2.05) is 41.1 Å². The molecule has 1 aromatic heterocycles. The summed E-state index contributed by atoms with van der Waals surface area (Å²) in [4.78, 5) is 22.5. The van der Waals surface area contributed by atoms with Crippen LogP contribution in [0.5, 0.6) is 0 Å². The normalized spacial score (nSPS) is 11.5. The fraction of sp³-hybridized carbons (Fsp3) is 0.111. The van der Waals surface area contributed by atoms with Crippen molar-refractivity contribution in [3.63, 3.8) is 0 Å². The lowest BCUT2D eigenvalue weighted by atomic mass is 10.1. The maximum Gasteiger partial charge on any atom is 0.270 e. The number of hydrogen-bond donors (Lipinski definition) is 1. The predicted octanol–water partition coefficient (Wildman–Crippen LogP) is 3.09. The largest absolute Gasteiger partial charge is 0.338 e. The summed E-state index contributed by atoms with van der Waals surface area (Å²) in [5, 5.41) is 15.9. The molecule has 7 heteroatoms. The molecule has 1 amide bonds. The summed E-state index contributed by atoms with van der Waals surface area (Å²) in [6.45, 7) is 1.82. The molecule has 3 rings (SSSR count). The lowest BCUT2D eigenvalue weighted by Crippen LogP contribution is -2.24. The van der Waals surface area contributed by atoms with Crippen LogP contribution >= 0.6 is 0 Å². The molecule has 2 aromatic carbocycles. The molecule has 0 bridgehead atoms. The van der Waals surface area contributed by atoms with E-state index in [9.17, 15) is 14.9 Å². The van der Waals surface area contributed by atoms with Gasteiger partial charge in [0.15, 0.2) is 0 Å². The molecule has 25 heavy (non-hydrogen) atoms. The van der Waals surface area contributed by atoms with Gasteiger partial charge in [-0.2, -0.15) is 5.10 Å². The molecule has 0 aliphatic heterocycles. The zero-order chi connectivity index (χ0) is 17.8. The highest BCUT2D eigenvalue weighted by atomic mass is 16.6. The summed E-state index contributed by atoms with van der Waals surface area (Å²) in [5.41, 5.74) is 4.52. The van der Waals surface area contributed by atoms with E-state index in [1.165, 1.54) is 12.1 Å². The number of nitrogens with one attached hydrogen (secondary N) is 1. The van der Waals surface area contributed by atoms with Gasteiger partial charge in [-0.15, -0.1) is 0 Å². The van der Waals surface area contributed by atoms with Crippen molar-refractivity contribution in [2.75, 3.05) is 0 Å². The molecule has 7 nitrogen and oxygen atoms in total. The molecular weight excluding hydrogens is 320 g/mol. The number of non-ortho nitro benzene ring substituents is 1. The molecule has 0 saturated carbocycles. The Balaban J connectivity index is 1.69. The lowest BCUT2D eigenvalue weighted by molar-refractivity contribution is -0.384. The summed E-state index contributed by atoms with van der Waals surface area (Å²) >= 11 is 0. The molecule has 0 atom stereocenters. The second-order valence-electron chi connectivity index (χ2n) is 5.54. The number of hydrogen-bond acceptors (Lipinski definition) is 4. The van der Waals surface area contributed by atoms with Crippen LogP contribution in [0.25, 0.3) is 10.9 Å². The number of benzene rings is 2. The minimum absolute atomic E-state index is 0.0165. The van der Waals surface area contributed by atoms with Crippen molar-refractivity contribution >= 4 is 28.2 Å². The molecule has 1 heterocycles. The molecule has 0 spiro atoms. The fourth-order valence-electron chi connectivity index (χ4n) is 2.52. The van der Waals surface area contributed by atoms with Crippen LogP contribution in [0.1, 0.15) is 12.5 Å². The minimum Gasteiger partial charge on any atom is -0.338 e. The molecule has 3 aromatic rings. The van der Waals surface area contributed by atoms with Gasteiger partial charge in [-0.3, -0.25) is 14.9 Å². The first kappa shape index (κ1) is 16.4. The van der Waals surface area contributed by atoms with Crippen molar-refractivity contribution < 1.29 is 9.72 Å². The number of nitro benzene ring substituents is 1. The Morgan fingerprint density at radius 2 is 2.00 bits per heavy atom. The highest BCUT2D eigenvalue weighted by molar-refractivity contribution is 5.99. The van der Waals surface area contributed by atoms with Crippen LogP contribution in [0.15, 0.2) is 65.9 Å². The first-order chi connectivity index (χ1) is 12.0.